The quantitative estimate of drug-likeness (QED) is 0.801. The number of nitrogens with zero attached hydrogens (tertiary/aromatic N) is 2. The van der Waals surface area contributed by atoms with E-state index in [1.165, 1.54) is 0 Å². The maximum absolute atomic E-state index is 12.5. The van der Waals surface area contributed by atoms with Crippen LogP contribution in [-0.4, -0.2) is 28.8 Å². The number of aromatic nitrogens is 2. The van der Waals surface area contributed by atoms with E-state index >= 15 is 0 Å². The van der Waals surface area contributed by atoms with Gasteiger partial charge in [-0.2, -0.15) is 5.10 Å². The summed E-state index contributed by atoms with van der Waals surface area (Å²) in [5.74, 6) is 1.27. The van der Waals surface area contributed by atoms with Gasteiger partial charge in [-0.25, -0.2) is 0 Å². The Morgan fingerprint density at radius 1 is 1.25 bits per heavy atom. The summed E-state index contributed by atoms with van der Waals surface area (Å²) < 4.78 is 12.7. The maximum atomic E-state index is 12.5. The minimum atomic E-state index is -0.0482. The van der Waals surface area contributed by atoms with Gasteiger partial charge in [-0.3, -0.25) is 9.48 Å². The highest BCUT2D eigenvalue weighted by Gasteiger charge is 2.18. The number of ether oxygens (including phenoxy) is 2. The number of benzene rings is 1. The molecule has 1 aromatic carbocycles. The van der Waals surface area contributed by atoms with Crippen LogP contribution in [0.3, 0.4) is 0 Å². The molecule has 5 heteroatoms. The predicted molar refractivity (Wildman–Crippen MR) is 73.4 cm³/mol. The van der Waals surface area contributed by atoms with E-state index in [2.05, 4.69) is 12.0 Å². The van der Waals surface area contributed by atoms with Crippen molar-refractivity contribution in [2.45, 2.75) is 19.9 Å². The second-order valence-corrected chi connectivity index (χ2v) is 4.63. The Morgan fingerprint density at radius 3 is 2.85 bits per heavy atom. The van der Waals surface area contributed by atoms with Crippen LogP contribution in [0.25, 0.3) is 0 Å². The third kappa shape index (κ3) is 2.27. The van der Waals surface area contributed by atoms with Gasteiger partial charge >= 0.3 is 0 Å². The van der Waals surface area contributed by atoms with E-state index in [4.69, 9.17) is 9.47 Å². The predicted octanol–water partition coefficient (Wildman–Crippen LogP) is 2.30. The Kier molecular flexibility index (Phi) is 3.41. The van der Waals surface area contributed by atoms with E-state index in [1.807, 2.05) is 0 Å². The number of rotatable bonds is 4. The minimum absolute atomic E-state index is 0.0482. The number of carbonyl (C=O) groups is 1. The molecule has 0 radical (unpaired) electrons. The maximum Gasteiger partial charge on any atom is 0.211 e. The Balaban J connectivity index is 1.92. The first-order valence-corrected chi connectivity index (χ1v) is 6.75. The molecule has 104 valence electrons. The van der Waals surface area contributed by atoms with Gasteiger partial charge in [0.25, 0.3) is 0 Å². The van der Waals surface area contributed by atoms with Gasteiger partial charge in [0.05, 0.1) is 0 Å². The summed E-state index contributed by atoms with van der Waals surface area (Å²) in [6, 6.07) is 7.02. The molecule has 0 amide bonds. The van der Waals surface area contributed by atoms with Gasteiger partial charge < -0.3 is 9.47 Å². The van der Waals surface area contributed by atoms with Crippen molar-refractivity contribution in [1.29, 1.82) is 0 Å². The summed E-state index contributed by atoms with van der Waals surface area (Å²) in [5.41, 5.74) is 1.19. The highest BCUT2D eigenvalue weighted by atomic mass is 16.6. The topological polar surface area (TPSA) is 53.4 Å². The molecule has 0 spiro atoms. The lowest BCUT2D eigenvalue weighted by atomic mass is 10.1. The van der Waals surface area contributed by atoms with Crippen LogP contribution in [0.5, 0.6) is 11.5 Å². The van der Waals surface area contributed by atoms with Crippen LogP contribution in [0.2, 0.25) is 0 Å². The lowest BCUT2D eigenvalue weighted by molar-refractivity contribution is 0.102. The third-order valence-electron chi connectivity index (χ3n) is 3.19. The standard InChI is InChI=1S/C15H16N2O3/c1-2-7-17-12(5-6-16-17)15(18)11-3-4-13-14(10-11)20-9-8-19-13/h3-6,10H,2,7-9H2,1H3. The van der Waals surface area contributed by atoms with Crippen LogP contribution in [-0.2, 0) is 6.54 Å². The van der Waals surface area contributed by atoms with E-state index in [9.17, 15) is 4.79 Å². The first-order chi connectivity index (χ1) is 9.79. The summed E-state index contributed by atoms with van der Waals surface area (Å²) in [7, 11) is 0. The molecule has 3 rings (SSSR count). The van der Waals surface area contributed by atoms with Crippen molar-refractivity contribution in [2.75, 3.05) is 13.2 Å². The fourth-order valence-electron chi connectivity index (χ4n) is 2.25. The fourth-order valence-corrected chi connectivity index (χ4v) is 2.25. The molecule has 0 saturated heterocycles. The van der Waals surface area contributed by atoms with Crippen LogP contribution in [0.15, 0.2) is 30.5 Å². The summed E-state index contributed by atoms with van der Waals surface area (Å²) in [5, 5.41) is 4.18. The monoisotopic (exact) mass is 272 g/mol. The molecule has 0 fully saturated rings. The summed E-state index contributed by atoms with van der Waals surface area (Å²) >= 11 is 0. The van der Waals surface area contributed by atoms with Crippen LogP contribution in [0.1, 0.15) is 29.4 Å². The van der Waals surface area contributed by atoms with E-state index in [-0.39, 0.29) is 5.78 Å². The second-order valence-electron chi connectivity index (χ2n) is 4.63. The minimum Gasteiger partial charge on any atom is -0.486 e. The zero-order valence-electron chi connectivity index (χ0n) is 11.3. The molecule has 1 aliphatic heterocycles. The summed E-state index contributed by atoms with van der Waals surface area (Å²) in [4.78, 5) is 12.5. The van der Waals surface area contributed by atoms with E-state index < -0.39 is 0 Å². The number of carbonyl (C=O) groups excluding carboxylic acids is 1. The molecule has 0 bridgehead atoms. The van der Waals surface area contributed by atoms with Gasteiger partial charge in [-0.15, -0.1) is 0 Å². The van der Waals surface area contributed by atoms with E-state index in [1.54, 1.807) is 35.1 Å². The van der Waals surface area contributed by atoms with Crippen LogP contribution < -0.4 is 9.47 Å². The van der Waals surface area contributed by atoms with Gasteiger partial charge in [0, 0.05) is 18.3 Å². The highest BCUT2D eigenvalue weighted by Crippen LogP contribution is 2.31. The fraction of sp³-hybridized carbons (Fsp3) is 0.333. The van der Waals surface area contributed by atoms with Crippen molar-refractivity contribution in [3.63, 3.8) is 0 Å². The van der Waals surface area contributed by atoms with Crippen molar-refractivity contribution < 1.29 is 14.3 Å². The molecule has 0 atom stereocenters. The number of aryl methyl sites for hydroxylation is 1. The van der Waals surface area contributed by atoms with Gasteiger partial charge in [-0.05, 0) is 30.7 Å². The molecule has 0 N–H and O–H groups in total. The van der Waals surface area contributed by atoms with Crippen molar-refractivity contribution in [3.05, 3.63) is 41.7 Å². The number of hydrogen-bond acceptors (Lipinski definition) is 4. The van der Waals surface area contributed by atoms with Gasteiger partial charge in [0.2, 0.25) is 5.78 Å². The number of fused-ring (bicyclic) bond motifs is 1. The molecule has 1 aliphatic rings. The molecule has 1 aromatic heterocycles. The second kappa shape index (κ2) is 5.36. The SMILES string of the molecule is CCCn1nccc1C(=O)c1ccc2c(c1)OCCO2. The normalized spacial score (nSPS) is 13.2. The first-order valence-electron chi connectivity index (χ1n) is 6.75. The summed E-state index contributed by atoms with van der Waals surface area (Å²) in [6.45, 7) is 3.85. The van der Waals surface area contributed by atoms with Gasteiger partial charge in [0.1, 0.15) is 18.9 Å². The zero-order valence-corrected chi connectivity index (χ0v) is 11.3. The Bertz CT molecular complexity index is 634. The van der Waals surface area contributed by atoms with Crippen molar-refractivity contribution in [3.8, 4) is 11.5 Å². The molecule has 2 heterocycles. The molecule has 2 aromatic rings. The molecule has 0 aliphatic carbocycles. The van der Waals surface area contributed by atoms with E-state index in [0.29, 0.717) is 36.0 Å². The smallest absolute Gasteiger partial charge is 0.211 e. The Labute approximate surface area is 117 Å². The molecular weight excluding hydrogens is 256 g/mol. The lowest BCUT2D eigenvalue weighted by Gasteiger charge is -2.18. The number of hydrogen-bond donors (Lipinski definition) is 0. The average molecular weight is 272 g/mol. The van der Waals surface area contributed by atoms with Crippen LogP contribution in [0, 0.1) is 0 Å². The molecule has 0 unspecified atom stereocenters. The van der Waals surface area contributed by atoms with Crippen molar-refractivity contribution in [1.82, 2.24) is 9.78 Å². The van der Waals surface area contributed by atoms with Gasteiger partial charge in [0.15, 0.2) is 11.5 Å². The number of ketones is 1. The van der Waals surface area contributed by atoms with Crippen molar-refractivity contribution in [2.24, 2.45) is 0 Å². The Morgan fingerprint density at radius 2 is 2.05 bits per heavy atom. The van der Waals surface area contributed by atoms with Crippen LogP contribution >= 0.6 is 0 Å². The molecule has 5 nitrogen and oxygen atoms in total. The largest absolute Gasteiger partial charge is 0.486 e. The Hall–Kier alpha value is -2.30. The van der Waals surface area contributed by atoms with Crippen LogP contribution in [0.4, 0.5) is 0 Å². The lowest BCUT2D eigenvalue weighted by Crippen LogP contribution is -2.16. The highest BCUT2D eigenvalue weighted by molar-refractivity contribution is 6.08. The zero-order chi connectivity index (χ0) is 13.9. The first kappa shape index (κ1) is 12.7. The summed E-state index contributed by atoms with van der Waals surface area (Å²) in [6.07, 6.45) is 2.59. The average Bonchev–Trinajstić information content (AvgIpc) is 2.94. The van der Waals surface area contributed by atoms with E-state index in [0.717, 1.165) is 13.0 Å². The molecule has 20 heavy (non-hydrogen) atoms. The third-order valence-corrected chi connectivity index (χ3v) is 3.19. The molecular formula is C15H16N2O3. The van der Waals surface area contributed by atoms with Gasteiger partial charge in [-0.1, -0.05) is 6.92 Å². The van der Waals surface area contributed by atoms with Crippen molar-refractivity contribution >= 4 is 5.78 Å². The molecule has 0 saturated carbocycles.